The van der Waals surface area contributed by atoms with E-state index in [1.54, 1.807) is 29.2 Å². The van der Waals surface area contributed by atoms with Crippen LogP contribution in [0.3, 0.4) is 0 Å². The number of likely N-dealkylation sites (tertiary alicyclic amines) is 2. The number of halogens is 1. The molecule has 0 spiro atoms. The van der Waals surface area contributed by atoms with Crippen LogP contribution in [-0.4, -0.2) is 59.7 Å². The number of carbonyl (C=O) groups is 3. The predicted molar refractivity (Wildman–Crippen MR) is 108 cm³/mol. The highest BCUT2D eigenvalue weighted by Gasteiger charge is 2.35. The third kappa shape index (κ3) is 5.25. The summed E-state index contributed by atoms with van der Waals surface area (Å²) in [6.07, 6.45) is 5.70. The molecule has 3 amide bonds. The molecule has 28 heavy (non-hydrogen) atoms. The molecule has 152 valence electrons. The lowest BCUT2D eigenvalue weighted by Gasteiger charge is -2.37. The Morgan fingerprint density at radius 2 is 1.68 bits per heavy atom. The van der Waals surface area contributed by atoms with Gasteiger partial charge in [-0.25, -0.2) is 0 Å². The monoisotopic (exact) mass is 405 g/mol. The average molecular weight is 406 g/mol. The second kappa shape index (κ2) is 9.92. The fourth-order valence-electron chi connectivity index (χ4n) is 3.92. The quantitative estimate of drug-likeness (QED) is 0.740. The summed E-state index contributed by atoms with van der Waals surface area (Å²) in [6.45, 7) is 2.70. The van der Waals surface area contributed by atoms with Crippen molar-refractivity contribution in [1.82, 2.24) is 15.1 Å². The van der Waals surface area contributed by atoms with Gasteiger partial charge in [0.25, 0.3) is 5.91 Å². The van der Waals surface area contributed by atoms with Gasteiger partial charge >= 0.3 is 0 Å². The standard InChI is InChI=1S/C21H28ClN3O3/c22-17-10-8-16(9-11-17)20(27)23-12-5-7-19(26)25-15-2-1-6-18(25)21(28)24-13-3-4-14-24/h8-11,18H,1-7,12-15H2,(H,23,27). The van der Waals surface area contributed by atoms with Crippen molar-refractivity contribution < 1.29 is 14.4 Å². The van der Waals surface area contributed by atoms with Crippen LogP contribution in [0, 0.1) is 0 Å². The van der Waals surface area contributed by atoms with Gasteiger partial charge in [0.1, 0.15) is 6.04 Å². The minimum atomic E-state index is -0.303. The molecule has 1 aromatic rings. The molecule has 2 aliphatic heterocycles. The van der Waals surface area contributed by atoms with Crippen LogP contribution in [0.5, 0.6) is 0 Å². The molecule has 0 radical (unpaired) electrons. The molecule has 7 heteroatoms. The summed E-state index contributed by atoms with van der Waals surface area (Å²) < 4.78 is 0. The third-order valence-corrected chi connectivity index (χ3v) is 5.74. The first-order chi connectivity index (χ1) is 13.6. The van der Waals surface area contributed by atoms with E-state index in [0.717, 1.165) is 45.2 Å². The molecule has 1 N–H and O–H groups in total. The molecule has 1 aromatic carbocycles. The molecule has 0 aliphatic carbocycles. The highest BCUT2D eigenvalue weighted by molar-refractivity contribution is 6.30. The third-order valence-electron chi connectivity index (χ3n) is 5.49. The van der Waals surface area contributed by atoms with Crippen molar-refractivity contribution in [3.8, 4) is 0 Å². The highest BCUT2D eigenvalue weighted by atomic mass is 35.5. The summed E-state index contributed by atoms with van der Waals surface area (Å²) in [5.74, 6) is -0.0521. The van der Waals surface area contributed by atoms with Crippen LogP contribution < -0.4 is 5.32 Å². The molecule has 2 fully saturated rings. The normalized spacial score (nSPS) is 19.5. The number of rotatable bonds is 6. The molecule has 6 nitrogen and oxygen atoms in total. The van der Waals surface area contributed by atoms with Gasteiger partial charge in [-0.15, -0.1) is 0 Å². The SMILES string of the molecule is O=C(NCCCC(=O)N1CCCCC1C(=O)N1CCCC1)c1ccc(Cl)cc1. The van der Waals surface area contributed by atoms with Gasteiger partial charge in [-0.3, -0.25) is 14.4 Å². The summed E-state index contributed by atoms with van der Waals surface area (Å²) in [4.78, 5) is 41.3. The Labute approximate surface area is 171 Å². The first-order valence-corrected chi connectivity index (χ1v) is 10.6. The van der Waals surface area contributed by atoms with Crippen LogP contribution in [0.25, 0.3) is 0 Å². The summed E-state index contributed by atoms with van der Waals surface area (Å²) in [7, 11) is 0. The van der Waals surface area contributed by atoms with Gasteiger partial charge in [-0.1, -0.05) is 11.6 Å². The van der Waals surface area contributed by atoms with Crippen LogP contribution in [0.4, 0.5) is 0 Å². The van der Waals surface area contributed by atoms with Crippen molar-refractivity contribution >= 4 is 29.3 Å². The number of nitrogens with zero attached hydrogens (tertiary/aromatic N) is 2. The second-order valence-electron chi connectivity index (χ2n) is 7.50. The van der Waals surface area contributed by atoms with Crippen molar-refractivity contribution in [2.75, 3.05) is 26.2 Å². The van der Waals surface area contributed by atoms with Gasteiger partial charge in [0, 0.05) is 43.2 Å². The minimum Gasteiger partial charge on any atom is -0.352 e. The maximum Gasteiger partial charge on any atom is 0.251 e. The van der Waals surface area contributed by atoms with Crippen molar-refractivity contribution in [3.05, 3.63) is 34.9 Å². The van der Waals surface area contributed by atoms with Gasteiger partial charge in [0.2, 0.25) is 11.8 Å². The number of amides is 3. The van der Waals surface area contributed by atoms with E-state index < -0.39 is 0 Å². The summed E-state index contributed by atoms with van der Waals surface area (Å²) in [5.41, 5.74) is 0.544. The topological polar surface area (TPSA) is 69.7 Å². The Kier molecular flexibility index (Phi) is 7.31. The highest BCUT2D eigenvalue weighted by Crippen LogP contribution is 2.22. The molecular formula is C21H28ClN3O3. The number of piperidine rings is 1. The van der Waals surface area contributed by atoms with Crippen LogP contribution in [0.1, 0.15) is 55.3 Å². The van der Waals surface area contributed by atoms with E-state index in [1.165, 1.54) is 0 Å². The zero-order valence-electron chi connectivity index (χ0n) is 16.2. The molecular weight excluding hydrogens is 378 g/mol. The molecule has 2 heterocycles. The van der Waals surface area contributed by atoms with Crippen LogP contribution in [0.15, 0.2) is 24.3 Å². The van der Waals surface area contributed by atoms with Crippen molar-refractivity contribution in [2.24, 2.45) is 0 Å². The van der Waals surface area contributed by atoms with Gasteiger partial charge in [-0.2, -0.15) is 0 Å². The van der Waals surface area contributed by atoms with Crippen molar-refractivity contribution in [1.29, 1.82) is 0 Å². The first kappa shape index (κ1) is 20.6. The summed E-state index contributed by atoms with van der Waals surface area (Å²) >= 11 is 5.83. The van der Waals surface area contributed by atoms with Gasteiger partial charge in [0.05, 0.1) is 0 Å². The number of hydrogen-bond acceptors (Lipinski definition) is 3. The van der Waals surface area contributed by atoms with Gasteiger partial charge in [0.15, 0.2) is 0 Å². The first-order valence-electron chi connectivity index (χ1n) is 10.2. The smallest absolute Gasteiger partial charge is 0.251 e. The van der Waals surface area contributed by atoms with Crippen LogP contribution >= 0.6 is 11.6 Å². The van der Waals surface area contributed by atoms with Crippen LogP contribution in [0.2, 0.25) is 5.02 Å². The summed E-state index contributed by atoms with van der Waals surface area (Å²) in [5, 5.41) is 3.41. The molecule has 0 saturated carbocycles. The van der Waals surface area contributed by atoms with Crippen molar-refractivity contribution in [3.63, 3.8) is 0 Å². The largest absolute Gasteiger partial charge is 0.352 e. The molecule has 0 aromatic heterocycles. The molecule has 1 atom stereocenters. The fourth-order valence-corrected chi connectivity index (χ4v) is 4.05. The number of hydrogen-bond donors (Lipinski definition) is 1. The molecule has 2 aliphatic rings. The minimum absolute atomic E-state index is 0.0120. The Morgan fingerprint density at radius 3 is 2.39 bits per heavy atom. The summed E-state index contributed by atoms with van der Waals surface area (Å²) in [6, 6.07) is 6.39. The Hall–Kier alpha value is -2.08. The molecule has 2 saturated heterocycles. The molecule has 1 unspecified atom stereocenters. The number of nitrogens with one attached hydrogen (secondary N) is 1. The van der Waals surface area contributed by atoms with Crippen molar-refractivity contribution in [2.45, 2.75) is 51.0 Å². The zero-order valence-corrected chi connectivity index (χ0v) is 16.9. The number of carbonyl (C=O) groups excluding carboxylic acids is 3. The van der Waals surface area contributed by atoms with E-state index in [1.807, 2.05) is 4.90 Å². The fraction of sp³-hybridized carbons (Fsp3) is 0.571. The molecule has 3 rings (SSSR count). The van der Waals surface area contributed by atoms with E-state index in [0.29, 0.717) is 36.5 Å². The van der Waals surface area contributed by atoms with E-state index in [-0.39, 0.29) is 23.8 Å². The zero-order chi connectivity index (χ0) is 19.9. The Morgan fingerprint density at radius 1 is 1.00 bits per heavy atom. The van der Waals surface area contributed by atoms with Crippen LogP contribution in [-0.2, 0) is 9.59 Å². The predicted octanol–water partition coefficient (Wildman–Crippen LogP) is 2.85. The molecule has 0 bridgehead atoms. The van der Waals surface area contributed by atoms with E-state index >= 15 is 0 Å². The van der Waals surface area contributed by atoms with Gasteiger partial charge in [-0.05, 0) is 62.8 Å². The Bertz CT molecular complexity index is 701. The second-order valence-corrected chi connectivity index (χ2v) is 7.93. The maximum atomic E-state index is 12.8. The van der Waals surface area contributed by atoms with Gasteiger partial charge < -0.3 is 15.1 Å². The number of benzene rings is 1. The van der Waals surface area contributed by atoms with E-state index in [2.05, 4.69) is 5.32 Å². The van der Waals surface area contributed by atoms with E-state index in [9.17, 15) is 14.4 Å². The average Bonchev–Trinajstić information content (AvgIpc) is 3.25. The lowest BCUT2D eigenvalue weighted by molar-refractivity contribution is -0.147. The van der Waals surface area contributed by atoms with E-state index in [4.69, 9.17) is 11.6 Å². The Balaban J connectivity index is 1.45. The lowest BCUT2D eigenvalue weighted by atomic mass is 10.00. The maximum absolute atomic E-state index is 12.8. The lowest BCUT2D eigenvalue weighted by Crippen LogP contribution is -2.52.